The van der Waals surface area contributed by atoms with E-state index in [1.54, 1.807) is 0 Å². The Morgan fingerprint density at radius 2 is 2.19 bits per heavy atom. The highest BCUT2D eigenvalue weighted by atomic mass is 32.2. The van der Waals surface area contributed by atoms with Crippen molar-refractivity contribution in [1.82, 2.24) is 5.32 Å². The summed E-state index contributed by atoms with van der Waals surface area (Å²) in [7, 11) is -0.783. The summed E-state index contributed by atoms with van der Waals surface area (Å²) in [5.41, 5.74) is 0. The van der Waals surface area contributed by atoms with Crippen molar-refractivity contribution < 1.29 is 8.95 Å². The van der Waals surface area contributed by atoms with Gasteiger partial charge < -0.3 is 10.1 Å². The third-order valence-corrected chi connectivity index (χ3v) is 5.04. The van der Waals surface area contributed by atoms with Crippen molar-refractivity contribution >= 4 is 10.8 Å². The Kier molecular flexibility index (Phi) is 5.41. The number of nitrogens with one attached hydrogen (secondary N) is 1. The molecule has 96 valence electrons. The second-order valence-corrected chi connectivity index (χ2v) is 7.66. The first kappa shape index (κ1) is 14.1. The van der Waals surface area contributed by atoms with Crippen LogP contribution in [0.3, 0.4) is 0 Å². The standard InChI is InChI=1S/C12H25NO2S/c1-5-13-11(10-6-7-15-8-10)9-16(14)12(2,3)4/h10-11,13H,5-9H2,1-4H3. The molecule has 3 nitrogen and oxygen atoms in total. The van der Waals surface area contributed by atoms with Gasteiger partial charge in [-0.3, -0.25) is 4.21 Å². The minimum atomic E-state index is -0.783. The van der Waals surface area contributed by atoms with E-state index in [4.69, 9.17) is 4.74 Å². The Bertz CT molecular complexity index is 232. The van der Waals surface area contributed by atoms with Crippen LogP contribution in [0.2, 0.25) is 0 Å². The Morgan fingerprint density at radius 1 is 1.50 bits per heavy atom. The van der Waals surface area contributed by atoms with Crippen LogP contribution in [-0.4, -0.2) is 40.5 Å². The molecule has 0 saturated carbocycles. The zero-order chi connectivity index (χ0) is 12.2. The van der Waals surface area contributed by atoms with E-state index in [0.717, 1.165) is 31.9 Å². The second kappa shape index (κ2) is 6.12. The van der Waals surface area contributed by atoms with Gasteiger partial charge in [-0.05, 0) is 33.7 Å². The Labute approximate surface area is 102 Å². The van der Waals surface area contributed by atoms with E-state index < -0.39 is 10.8 Å². The topological polar surface area (TPSA) is 38.3 Å². The lowest BCUT2D eigenvalue weighted by molar-refractivity contribution is 0.179. The first-order valence-electron chi connectivity index (χ1n) is 6.14. The lowest BCUT2D eigenvalue weighted by Gasteiger charge is -2.26. The molecule has 0 aromatic carbocycles. The fourth-order valence-corrected chi connectivity index (χ4v) is 3.12. The van der Waals surface area contributed by atoms with Crippen molar-refractivity contribution in [3.8, 4) is 0 Å². The minimum Gasteiger partial charge on any atom is -0.381 e. The maximum Gasteiger partial charge on any atom is 0.0510 e. The minimum absolute atomic E-state index is 0.118. The average molecular weight is 247 g/mol. The fraction of sp³-hybridized carbons (Fsp3) is 1.00. The van der Waals surface area contributed by atoms with Crippen LogP contribution in [0.4, 0.5) is 0 Å². The zero-order valence-electron chi connectivity index (χ0n) is 10.9. The average Bonchev–Trinajstić information content (AvgIpc) is 2.68. The summed E-state index contributed by atoms with van der Waals surface area (Å²) in [4.78, 5) is 0. The quantitative estimate of drug-likeness (QED) is 0.801. The molecule has 0 bridgehead atoms. The first-order chi connectivity index (χ1) is 7.45. The van der Waals surface area contributed by atoms with Crippen molar-refractivity contribution in [2.24, 2.45) is 5.92 Å². The molecule has 0 radical (unpaired) electrons. The molecule has 4 heteroatoms. The summed E-state index contributed by atoms with van der Waals surface area (Å²) < 4.78 is 17.4. The highest BCUT2D eigenvalue weighted by Gasteiger charge is 2.29. The van der Waals surface area contributed by atoms with Gasteiger partial charge in [-0.2, -0.15) is 0 Å². The summed E-state index contributed by atoms with van der Waals surface area (Å²) in [6.45, 7) is 10.8. The SMILES string of the molecule is CCNC(CS(=O)C(C)(C)C)C1CCOC1. The first-order valence-corrected chi connectivity index (χ1v) is 7.46. The monoisotopic (exact) mass is 247 g/mol. The zero-order valence-corrected chi connectivity index (χ0v) is 11.7. The molecule has 0 spiro atoms. The number of rotatable bonds is 5. The molecule has 1 aliphatic rings. The van der Waals surface area contributed by atoms with Gasteiger partial charge in [0.1, 0.15) is 0 Å². The van der Waals surface area contributed by atoms with Gasteiger partial charge in [0.2, 0.25) is 0 Å². The van der Waals surface area contributed by atoms with Crippen LogP contribution in [0.15, 0.2) is 0 Å². The number of hydrogen-bond acceptors (Lipinski definition) is 3. The van der Waals surface area contributed by atoms with Gasteiger partial charge in [0.15, 0.2) is 0 Å². The molecular weight excluding hydrogens is 222 g/mol. The molecule has 1 N–H and O–H groups in total. The molecular formula is C12H25NO2S. The Balaban J connectivity index is 2.53. The highest BCUT2D eigenvalue weighted by molar-refractivity contribution is 7.86. The van der Waals surface area contributed by atoms with Gasteiger partial charge in [0.25, 0.3) is 0 Å². The summed E-state index contributed by atoms with van der Waals surface area (Å²) >= 11 is 0. The third-order valence-electron chi connectivity index (χ3n) is 3.01. The van der Waals surface area contributed by atoms with Crippen molar-refractivity contribution in [2.45, 2.75) is 44.9 Å². The van der Waals surface area contributed by atoms with Gasteiger partial charge in [0, 0.05) is 39.9 Å². The van der Waals surface area contributed by atoms with E-state index in [9.17, 15) is 4.21 Å². The predicted molar refractivity (Wildman–Crippen MR) is 69.2 cm³/mol. The van der Waals surface area contributed by atoms with Gasteiger partial charge in [-0.15, -0.1) is 0 Å². The van der Waals surface area contributed by atoms with E-state index in [1.165, 1.54) is 0 Å². The fourth-order valence-electron chi connectivity index (χ4n) is 1.91. The van der Waals surface area contributed by atoms with E-state index in [1.807, 2.05) is 20.8 Å². The maximum absolute atomic E-state index is 12.1. The van der Waals surface area contributed by atoms with Gasteiger partial charge in [0.05, 0.1) is 6.61 Å². The molecule has 16 heavy (non-hydrogen) atoms. The van der Waals surface area contributed by atoms with Crippen LogP contribution in [0.1, 0.15) is 34.1 Å². The molecule has 0 aliphatic carbocycles. The van der Waals surface area contributed by atoms with Gasteiger partial charge in [-0.1, -0.05) is 6.92 Å². The second-order valence-electron chi connectivity index (χ2n) is 5.41. The largest absolute Gasteiger partial charge is 0.381 e. The van der Waals surface area contributed by atoms with E-state index in [0.29, 0.717) is 12.0 Å². The predicted octanol–water partition coefficient (Wildman–Crippen LogP) is 1.55. The van der Waals surface area contributed by atoms with Gasteiger partial charge in [-0.25, -0.2) is 0 Å². The molecule has 0 aromatic heterocycles. The number of hydrogen-bond donors (Lipinski definition) is 1. The molecule has 0 amide bonds. The molecule has 1 heterocycles. The summed E-state index contributed by atoms with van der Waals surface area (Å²) in [6, 6.07) is 0.340. The maximum atomic E-state index is 12.1. The van der Waals surface area contributed by atoms with E-state index in [-0.39, 0.29) is 4.75 Å². The highest BCUT2D eigenvalue weighted by Crippen LogP contribution is 2.20. The summed E-state index contributed by atoms with van der Waals surface area (Å²) in [5, 5.41) is 3.45. The third kappa shape index (κ3) is 4.15. The molecule has 3 unspecified atom stereocenters. The lowest BCUT2D eigenvalue weighted by atomic mass is 10.0. The molecule has 3 atom stereocenters. The van der Waals surface area contributed by atoms with Crippen LogP contribution < -0.4 is 5.32 Å². The Morgan fingerprint density at radius 3 is 2.62 bits per heavy atom. The van der Waals surface area contributed by atoms with E-state index >= 15 is 0 Å². The van der Waals surface area contributed by atoms with Crippen molar-refractivity contribution in [3.05, 3.63) is 0 Å². The Hall–Kier alpha value is 0.0700. The molecule has 1 saturated heterocycles. The smallest absolute Gasteiger partial charge is 0.0510 e. The molecule has 1 aliphatic heterocycles. The van der Waals surface area contributed by atoms with Crippen LogP contribution in [0, 0.1) is 5.92 Å². The van der Waals surface area contributed by atoms with Crippen LogP contribution >= 0.6 is 0 Å². The number of ether oxygens (including phenoxy) is 1. The summed E-state index contributed by atoms with van der Waals surface area (Å²) in [6.07, 6.45) is 1.10. The van der Waals surface area contributed by atoms with Gasteiger partial charge >= 0.3 is 0 Å². The van der Waals surface area contributed by atoms with Crippen molar-refractivity contribution in [3.63, 3.8) is 0 Å². The lowest BCUT2D eigenvalue weighted by Crippen LogP contribution is -2.43. The molecule has 1 fully saturated rings. The summed E-state index contributed by atoms with van der Waals surface area (Å²) in [5.74, 6) is 1.27. The van der Waals surface area contributed by atoms with Crippen molar-refractivity contribution in [1.29, 1.82) is 0 Å². The van der Waals surface area contributed by atoms with E-state index in [2.05, 4.69) is 12.2 Å². The molecule has 0 aromatic rings. The molecule has 1 rings (SSSR count). The van der Waals surface area contributed by atoms with Crippen LogP contribution in [-0.2, 0) is 15.5 Å². The normalized spacial score (nSPS) is 25.6. The van der Waals surface area contributed by atoms with Crippen LogP contribution in [0.5, 0.6) is 0 Å². The van der Waals surface area contributed by atoms with Crippen molar-refractivity contribution in [2.75, 3.05) is 25.5 Å². The van der Waals surface area contributed by atoms with Crippen LogP contribution in [0.25, 0.3) is 0 Å².